The van der Waals surface area contributed by atoms with Crippen LogP contribution in [-0.2, 0) is 11.3 Å². The fourth-order valence-corrected chi connectivity index (χ4v) is 4.18. The van der Waals surface area contributed by atoms with Crippen LogP contribution in [0.5, 0.6) is 5.75 Å². The van der Waals surface area contributed by atoms with E-state index in [2.05, 4.69) is 34.2 Å². The predicted molar refractivity (Wildman–Crippen MR) is 105 cm³/mol. The first-order chi connectivity index (χ1) is 12.8. The van der Waals surface area contributed by atoms with E-state index in [0.717, 1.165) is 42.2 Å². The third kappa shape index (κ3) is 3.59. The number of ether oxygens (including phenoxy) is 2. The molecule has 1 aliphatic heterocycles. The summed E-state index contributed by atoms with van der Waals surface area (Å²) in [6.45, 7) is 1.68. The monoisotopic (exact) mass is 366 g/mol. The summed E-state index contributed by atoms with van der Waals surface area (Å²) in [7, 11) is 1.68. The fraction of sp³-hybridized carbons (Fsp3) is 0.286. The molecule has 2 aromatic carbocycles. The molecule has 0 amide bonds. The van der Waals surface area contributed by atoms with Crippen LogP contribution >= 0.6 is 11.3 Å². The third-order valence-electron chi connectivity index (χ3n) is 4.58. The molecule has 1 aromatic heterocycles. The number of benzene rings is 2. The van der Waals surface area contributed by atoms with E-state index in [1.807, 2.05) is 30.3 Å². The number of nitrogens with zero attached hydrogens (tertiary/aromatic N) is 2. The van der Waals surface area contributed by atoms with Gasteiger partial charge in [-0.3, -0.25) is 0 Å². The van der Waals surface area contributed by atoms with Crippen molar-refractivity contribution in [2.75, 3.05) is 13.7 Å². The zero-order chi connectivity index (χ0) is 17.8. The van der Waals surface area contributed by atoms with Crippen LogP contribution in [0.3, 0.4) is 0 Å². The SMILES string of the molecule is COc1ccccc1N=c1scc(-c2ccccc2)n1CC1CCCO1. The Morgan fingerprint density at radius 3 is 2.73 bits per heavy atom. The summed E-state index contributed by atoms with van der Waals surface area (Å²) in [6, 6.07) is 18.3. The van der Waals surface area contributed by atoms with E-state index < -0.39 is 0 Å². The van der Waals surface area contributed by atoms with Crippen molar-refractivity contribution in [3.8, 4) is 17.0 Å². The van der Waals surface area contributed by atoms with Crippen LogP contribution in [0.15, 0.2) is 65.0 Å². The number of hydrogen-bond acceptors (Lipinski definition) is 4. The normalized spacial score (nSPS) is 17.6. The highest BCUT2D eigenvalue weighted by atomic mass is 32.1. The second-order valence-electron chi connectivity index (χ2n) is 6.30. The highest BCUT2D eigenvalue weighted by Gasteiger charge is 2.19. The van der Waals surface area contributed by atoms with Crippen LogP contribution in [0.2, 0.25) is 0 Å². The van der Waals surface area contributed by atoms with E-state index in [0.29, 0.717) is 0 Å². The molecule has 0 radical (unpaired) electrons. The molecule has 0 N–H and O–H groups in total. The van der Waals surface area contributed by atoms with Gasteiger partial charge in [0.15, 0.2) is 4.80 Å². The standard InChI is InChI=1S/C21H22N2O2S/c1-24-20-12-6-5-11-18(20)22-21-23(14-17-10-7-13-25-17)19(15-26-21)16-8-3-2-4-9-16/h2-6,8-9,11-12,15,17H,7,10,13-14H2,1H3. The molecule has 0 aliphatic carbocycles. The minimum atomic E-state index is 0.253. The Hall–Kier alpha value is -2.37. The highest BCUT2D eigenvalue weighted by Crippen LogP contribution is 2.27. The molecular weight excluding hydrogens is 344 g/mol. The van der Waals surface area contributed by atoms with Crippen LogP contribution in [0, 0.1) is 0 Å². The molecule has 1 aliphatic rings. The fourth-order valence-electron chi connectivity index (χ4n) is 3.25. The quantitative estimate of drug-likeness (QED) is 0.660. The van der Waals surface area contributed by atoms with Gasteiger partial charge in [-0.25, -0.2) is 4.99 Å². The molecule has 0 bridgehead atoms. The Morgan fingerprint density at radius 1 is 1.15 bits per heavy atom. The molecule has 5 heteroatoms. The molecule has 1 fully saturated rings. The first-order valence-corrected chi connectivity index (χ1v) is 9.76. The zero-order valence-electron chi connectivity index (χ0n) is 14.8. The number of methoxy groups -OCH3 is 1. The maximum absolute atomic E-state index is 5.88. The van der Waals surface area contributed by atoms with Gasteiger partial charge in [0.2, 0.25) is 0 Å². The Labute approximate surface area is 157 Å². The van der Waals surface area contributed by atoms with Crippen LogP contribution in [0.1, 0.15) is 12.8 Å². The topological polar surface area (TPSA) is 35.8 Å². The summed E-state index contributed by atoms with van der Waals surface area (Å²) >= 11 is 1.65. The molecule has 1 saturated heterocycles. The first-order valence-electron chi connectivity index (χ1n) is 8.88. The van der Waals surface area contributed by atoms with Crippen LogP contribution in [-0.4, -0.2) is 24.4 Å². The Kier molecular flexibility index (Phi) is 5.18. The van der Waals surface area contributed by atoms with Gasteiger partial charge in [0.05, 0.1) is 25.5 Å². The van der Waals surface area contributed by atoms with Gasteiger partial charge in [-0.05, 0) is 30.5 Å². The molecule has 1 atom stereocenters. The van der Waals surface area contributed by atoms with Gasteiger partial charge < -0.3 is 14.0 Å². The van der Waals surface area contributed by atoms with Gasteiger partial charge in [-0.2, -0.15) is 0 Å². The lowest BCUT2D eigenvalue weighted by Crippen LogP contribution is -2.24. The van der Waals surface area contributed by atoms with Crippen molar-refractivity contribution in [2.45, 2.75) is 25.5 Å². The van der Waals surface area contributed by atoms with Gasteiger partial charge in [-0.15, -0.1) is 11.3 Å². The van der Waals surface area contributed by atoms with Crippen LogP contribution in [0.25, 0.3) is 11.3 Å². The lowest BCUT2D eigenvalue weighted by atomic mass is 10.1. The second kappa shape index (κ2) is 7.89. The molecule has 4 rings (SSSR count). The van der Waals surface area contributed by atoms with E-state index in [4.69, 9.17) is 14.5 Å². The van der Waals surface area contributed by atoms with E-state index >= 15 is 0 Å². The summed E-state index contributed by atoms with van der Waals surface area (Å²) in [6.07, 6.45) is 2.49. The Balaban J connectivity index is 1.81. The molecule has 2 heterocycles. The van der Waals surface area contributed by atoms with Crippen molar-refractivity contribution in [3.63, 3.8) is 0 Å². The van der Waals surface area contributed by atoms with Crippen molar-refractivity contribution in [1.82, 2.24) is 4.57 Å². The lowest BCUT2D eigenvalue weighted by Gasteiger charge is -2.14. The van der Waals surface area contributed by atoms with Gasteiger partial charge >= 0.3 is 0 Å². The summed E-state index contributed by atoms with van der Waals surface area (Å²) < 4.78 is 13.6. The summed E-state index contributed by atoms with van der Waals surface area (Å²) in [4.78, 5) is 5.86. The van der Waals surface area contributed by atoms with E-state index in [1.165, 1.54) is 11.3 Å². The smallest absolute Gasteiger partial charge is 0.190 e. The summed E-state index contributed by atoms with van der Waals surface area (Å²) in [5.41, 5.74) is 3.22. The average Bonchev–Trinajstić information content (AvgIpc) is 3.34. The second-order valence-corrected chi connectivity index (χ2v) is 7.14. The van der Waals surface area contributed by atoms with E-state index in [1.54, 1.807) is 18.4 Å². The maximum Gasteiger partial charge on any atom is 0.190 e. The number of thiazole rings is 1. The van der Waals surface area contributed by atoms with Crippen molar-refractivity contribution in [2.24, 2.45) is 4.99 Å². The number of aromatic nitrogens is 1. The Bertz CT molecular complexity index is 924. The number of rotatable bonds is 5. The number of hydrogen-bond donors (Lipinski definition) is 0. The van der Waals surface area contributed by atoms with Crippen molar-refractivity contribution >= 4 is 17.0 Å². The molecule has 134 valence electrons. The average molecular weight is 366 g/mol. The maximum atomic E-state index is 5.88. The van der Waals surface area contributed by atoms with E-state index in [9.17, 15) is 0 Å². The molecule has 3 aromatic rings. The molecule has 1 unspecified atom stereocenters. The molecular formula is C21H22N2O2S. The van der Waals surface area contributed by atoms with Gasteiger partial charge in [0.25, 0.3) is 0 Å². The lowest BCUT2D eigenvalue weighted by molar-refractivity contribution is 0.0968. The van der Waals surface area contributed by atoms with Gasteiger partial charge in [0.1, 0.15) is 11.4 Å². The third-order valence-corrected chi connectivity index (χ3v) is 5.44. The predicted octanol–water partition coefficient (Wildman–Crippen LogP) is 4.64. The van der Waals surface area contributed by atoms with E-state index in [-0.39, 0.29) is 6.10 Å². The van der Waals surface area contributed by atoms with Crippen LogP contribution in [0.4, 0.5) is 5.69 Å². The first kappa shape index (κ1) is 17.1. The largest absolute Gasteiger partial charge is 0.494 e. The molecule has 0 saturated carbocycles. The van der Waals surface area contributed by atoms with Crippen molar-refractivity contribution in [3.05, 3.63) is 64.8 Å². The van der Waals surface area contributed by atoms with Crippen LogP contribution < -0.4 is 9.54 Å². The van der Waals surface area contributed by atoms with Crippen molar-refractivity contribution in [1.29, 1.82) is 0 Å². The Morgan fingerprint density at radius 2 is 1.96 bits per heavy atom. The van der Waals surface area contributed by atoms with Crippen molar-refractivity contribution < 1.29 is 9.47 Å². The summed E-state index contributed by atoms with van der Waals surface area (Å²) in [5, 5.41) is 2.18. The van der Waals surface area contributed by atoms with Gasteiger partial charge in [-0.1, -0.05) is 42.5 Å². The highest BCUT2D eigenvalue weighted by molar-refractivity contribution is 7.07. The molecule has 26 heavy (non-hydrogen) atoms. The van der Waals surface area contributed by atoms with Gasteiger partial charge in [0, 0.05) is 12.0 Å². The minimum Gasteiger partial charge on any atom is -0.494 e. The number of para-hydroxylation sites is 2. The summed E-state index contributed by atoms with van der Waals surface area (Å²) in [5.74, 6) is 0.783. The molecule has 4 nitrogen and oxygen atoms in total. The zero-order valence-corrected chi connectivity index (χ0v) is 15.6. The minimum absolute atomic E-state index is 0.253. The molecule has 0 spiro atoms.